The molecule has 12 nitrogen and oxygen atoms in total. The molecule has 32 heavy (non-hydrogen) atoms. The third-order valence-electron chi connectivity index (χ3n) is 4.76. The second-order valence-electron chi connectivity index (χ2n) is 7.21. The van der Waals surface area contributed by atoms with Crippen molar-refractivity contribution in [2.45, 2.75) is 36.3 Å². The summed E-state index contributed by atoms with van der Waals surface area (Å²) >= 11 is 0. The van der Waals surface area contributed by atoms with Gasteiger partial charge in [-0.15, -0.1) is 0 Å². The highest BCUT2D eigenvalue weighted by atomic mass is 32.2. The van der Waals surface area contributed by atoms with Crippen LogP contribution < -0.4 is 20.7 Å². The highest BCUT2D eigenvalue weighted by Gasteiger charge is 2.30. The molecule has 1 aromatic rings. The van der Waals surface area contributed by atoms with Gasteiger partial charge in [-0.2, -0.15) is 4.72 Å². The van der Waals surface area contributed by atoms with E-state index in [4.69, 9.17) is 4.84 Å². The molecule has 0 aliphatic carbocycles. The van der Waals surface area contributed by atoms with E-state index < -0.39 is 40.6 Å². The molecule has 1 aromatic carbocycles. The smallest absolute Gasteiger partial charge is 0.323 e. The van der Waals surface area contributed by atoms with Gasteiger partial charge in [0.05, 0.1) is 17.2 Å². The van der Waals surface area contributed by atoms with E-state index in [9.17, 15) is 23.1 Å². The Kier molecular flexibility index (Phi) is 8.00. The number of amides is 1. The number of hydrogen-bond donors (Lipinski definition) is 5. The van der Waals surface area contributed by atoms with Crippen LogP contribution in [-0.4, -0.2) is 75.4 Å². The van der Waals surface area contributed by atoms with Crippen LogP contribution >= 0.6 is 0 Å². The lowest BCUT2D eigenvalue weighted by molar-refractivity contribution is -0.139. The zero-order chi connectivity index (χ0) is 23.0. The van der Waals surface area contributed by atoms with Crippen LogP contribution in [0.3, 0.4) is 0 Å². The van der Waals surface area contributed by atoms with Crippen molar-refractivity contribution >= 4 is 33.6 Å². The number of carbonyl (C=O) groups is 2. The van der Waals surface area contributed by atoms with E-state index in [-0.39, 0.29) is 4.90 Å². The van der Waals surface area contributed by atoms with Gasteiger partial charge in [-0.1, -0.05) is 23.4 Å². The third kappa shape index (κ3) is 6.65. The van der Waals surface area contributed by atoms with Crippen LogP contribution in [0.2, 0.25) is 0 Å². The normalized spacial score (nSPS) is 18.7. The summed E-state index contributed by atoms with van der Waals surface area (Å²) in [5.41, 5.74) is 0.729. The summed E-state index contributed by atoms with van der Waals surface area (Å²) in [5, 5.41) is 22.0. The third-order valence-corrected chi connectivity index (χ3v) is 6.25. The Balaban J connectivity index is 1.41. The van der Waals surface area contributed by atoms with Gasteiger partial charge < -0.3 is 25.9 Å². The molecule has 2 heterocycles. The predicted molar refractivity (Wildman–Crippen MR) is 116 cm³/mol. The largest absolute Gasteiger partial charge is 0.480 e. The lowest BCUT2D eigenvalue weighted by Crippen LogP contribution is -2.49. The summed E-state index contributed by atoms with van der Waals surface area (Å²) in [7, 11) is -4.05. The molecule has 0 fully saturated rings. The maximum Gasteiger partial charge on any atom is 0.323 e. The number of aliphatic imine (C=N–C) groups is 1. The second kappa shape index (κ2) is 10.9. The van der Waals surface area contributed by atoms with Crippen LogP contribution in [0, 0.1) is 0 Å². The average Bonchev–Trinajstić information content (AvgIpc) is 3.46. The molecule has 1 amide bonds. The van der Waals surface area contributed by atoms with Crippen molar-refractivity contribution in [1.29, 1.82) is 0 Å². The van der Waals surface area contributed by atoms with Crippen molar-refractivity contribution in [1.82, 2.24) is 20.7 Å². The van der Waals surface area contributed by atoms with Crippen LogP contribution in [0.25, 0.3) is 0 Å². The SMILES string of the molecule is O=C(O)C(CNC(=O)C1CC(CCCNC2=NCCN2)=NO1)NS(=O)(=O)c1ccccc1. The lowest BCUT2D eigenvalue weighted by atomic mass is 10.1. The standard InChI is InChI=1S/C19H26N6O6S/c26-17(16-11-13(24-31-16)5-4-8-20-19-21-9-10-22-19)23-12-15(18(27)28)25-32(29,30)14-6-2-1-3-7-14/h1-3,6-7,15-16,25H,4-5,8-12H2,(H,23,26)(H,27,28)(H2,20,21,22). The number of rotatable bonds is 11. The van der Waals surface area contributed by atoms with Crippen molar-refractivity contribution in [3.8, 4) is 0 Å². The summed E-state index contributed by atoms with van der Waals surface area (Å²) < 4.78 is 26.8. The molecular weight excluding hydrogens is 440 g/mol. The highest BCUT2D eigenvalue weighted by molar-refractivity contribution is 7.89. The highest BCUT2D eigenvalue weighted by Crippen LogP contribution is 2.14. The van der Waals surface area contributed by atoms with Gasteiger partial charge in [-0.25, -0.2) is 8.42 Å². The second-order valence-corrected chi connectivity index (χ2v) is 8.93. The summed E-state index contributed by atoms with van der Waals surface area (Å²) in [6.45, 7) is 1.85. The first-order chi connectivity index (χ1) is 15.3. The number of benzene rings is 1. The number of sulfonamides is 1. The Morgan fingerprint density at radius 1 is 1.28 bits per heavy atom. The molecule has 13 heteroatoms. The van der Waals surface area contributed by atoms with Crippen molar-refractivity contribution in [2.75, 3.05) is 26.2 Å². The molecule has 5 N–H and O–H groups in total. The molecule has 0 saturated heterocycles. The molecule has 0 radical (unpaired) electrons. The Morgan fingerprint density at radius 3 is 2.75 bits per heavy atom. The van der Waals surface area contributed by atoms with Crippen molar-refractivity contribution < 1.29 is 28.0 Å². The number of hydrogen-bond acceptors (Lipinski definition) is 9. The predicted octanol–water partition coefficient (Wildman–Crippen LogP) is -0.992. The van der Waals surface area contributed by atoms with Gasteiger partial charge in [0.2, 0.25) is 16.1 Å². The minimum Gasteiger partial charge on any atom is -0.480 e. The molecule has 2 atom stereocenters. The minimum absolute atomic E-state index is 0.0694. The van der Waals surface area contributed by atoms with Gasteiger partial charge >= 0.3 is 5.97 Å². The van der Waals surface area contributed by atoms with Gasteiger partial charge in [0, 0.05) is 26.1 Å². The molecule has 0 saturated carbocycles. The van der Waals surface area contributed by atoms with Crippen molar-refractivity contribution in [3.63, 3.8) is 0 Å². The molecule has 2 aliphatic rings. The van der Waals surface area contributed by atoms with E-state index in [0.29, 0.717) is 19.4 Å². The lowest BCUT2D eigenvalue weighted by Gasteiger charge is -2.16. The number of oxime groups is 1. The number of guanidine groups is 1. The van der Waals surface area contributed by atoms with E-state index in [2.05, 4.69) is 30.8 Å². The van der Waals surface area contributed by atoms with E-state index in [1.807, 2.05) is 0 Å². The Hall–Kier alpha value is -3.19. The maximum atomic E-state index is 12.4. The molecule has 2 aliphatic heterocycles. The van der Waals surface area contributed by atoms with Crippen molar-refractivity contribution in [3.05, 3.63) is 30.3 Å². The quantitative estimate of drug-likeness (QED) is 0.259. The Morgan fingerprint density at radius 2 is 2.06 bits per heavy atom. The van der Waals surface area contributed by atoms with Crippen LogP contribution in [0.4, 0.5) is 0 Å². The average molecular weight is 467 g/mol. The fourth-order valence-electron chi connectivity index (χ4n) is 3.08. The number of carbonyl (C=O) groups excluding carboxylic acids is 1. The monoisotopic (exact) mass is 466 g/mol. The molecule has 0 bridgehead atoms. The van der Waals surface area contributed by atoms with Crippen molar-refractivity contribution in [2.24, 2.45) is 10.1 Å². The van der Waals surface area contributed by atoms with Gasteiger partial charge in [-0.3, -0.25) is 14.6 Å². The Labute approximate surface area is 185 Å². The van der Waals surface area contributed by atoms with Crippen LogP contribution in [-0.2, 0) is 24.4 Å². The van der Waals surface area contributed by atoms with Gasteiger partial charge in [0.25, 0.3) is 5.91 Å². The summed E-state index contributed by atoms with van der Waals surface area (Å²) in [6.07, 6.45) is 0.829. The first-order valence-electron chi connectivity index (χ1n) is 10.2. The molecule has 2 unspecified atom stereocenters. The van der Waals surface area contributed by atoms with Gasteiger partial charge in [0.15, 0.2) is 5.96 Å². The zero-order valence-corrected chi connectivity index (χ0v) is 18.1. The number of carboxylic acid groups (broad SMARTS) is 1. The van der Waals surface area contributed by atoms with E-state index in [0.717, 1.165) is 31.2 Å². The molecule has 3 rings (SSSR count). The zero-order valence-electron chi connectivity index (χ0n) is 17.3. The summed E-state index contributed by atoms with van der Waals surface area (Å²) in [4.78, 5) is 33.1. The van der Waals surface area contributed by atoms with E-state index >= 15 is 0 Å². The van der Waals surface area contributed by atoms with Crippen LogP contribution in [0.1, 0.15) is 19.3 Å². The Bertz CT molecular complexity index is 981. The first kappa shape index (κ1) is 23.5. The fourth-order valence-corrected chi connectivity index (χ4v) is 4.29. The topological polar surface area (TPSA) is 171 Å². The minimum atomic E-state index is -4.05. The van der Waals surface area contributed by atoms with Crippen LogP contribution in [0.5, 0.6) is 0 Å². The number of nitrogens with one attached hydrogen (secondary N) is 4. The fraction of sp³-hybridized carbons (Fsp3) is 0.474. The molecule has 0 aromatic heterocycles. The first-order valence-corrected chi connectivity index (χ1v) is 11.6. The number of aliphatic carboxylic acids is 1. The van der Waals surface area contributed by atoms with E-state index in [1.54, 1.807) is 6.07 Å². The number of carboxylic acids is 1. The molecule has 0 spiro atoms. The number of nitrogens with zero attached hydrogens (tertiary/aromatic N) is 2. The summed E-state index contributed by atoms with van der Waals surface area (Å²) in [6, 6.07) is 5.85. The summed E-state index contributed by atoms with van der Waals surface area (Å²) in [5.74, 6) is -1.19. The van der Waals surface area contributed by atoms with E-state index in [1.165, 1.54) is 24.3 Å². The molecule has 174 valence electrons. The van der Waals surface area contributed by atoms with Gasteiger partial charge in [-0.05, 0) is 25.0 Å². The maximum absolute atomic E-state index is 12.4. The van der Waals surface area contributed by atoms with Gasteiger partial charge in [0.1, 0.15) is 6.04 Å². The van der Waals surface area contributed by atoms with Crippen LogP contribution in [0.15, 0.2) is 45.4 Å². The molecular formula is C19H26N6O6S.